The molecule has 1 atom stereocenters. The van der Waals surface area contributed by atoms with E-state index in [-0.39, 0.29) is 11.9 Å². The maximum absolute atomic E-state index is 12.4. The number of aromatic nitrogens is 2. The Morgan fingerprint density at radius 2 is 1.90 bits per heavy atom. The van der Waals surface area contributed by atoms with E-state index in [1.807, 2.05) is 17.0 Å². The minimum absolute atomic E-state index is 0.131. The first-order valence-corrected chi connectivity index (χ1v) is 11.1. The second-order valence-corrected chi connectivity index (χ2v) is 8.78. The van der Waals surface area contributed by atoms with Crippen LogP contribution in [0.1, 0.15) is 37.8 Å². The molecule has 2 aromatic rings. The normalized spacial score (nSPS) is 19.3. The SMILES string of the molecule is COCCC(=O)N1CCN(c2ccc(-c3cc(Cl)nc(Cl)c3)c(C3CC3)n2)C[C@H]1C. The van der Waals surface area contributed by atoms with Gasteiger partial charge in [0.15, 0.2) is 0 Å². The molecule has 2 aromatic heterocycles. The van der Waals surface area contributed by atoms with Crippen LogP contribution in [0.4, 0.5) is 5.82 Å². The van der Waals surface area contributed by atoms with Gasteiger partial charge in [-0.15, -0.1) is 0 Å². The lowest BCUT2D eigenvalue weighted by atomic mass is 10.0. The van der Waals surface area contributed by atoms with E-state index in [1.54, 1.807) is 7.11 Å². The third kappa shape index (κ3) is 4.71. The van der Waals surface area contributed by atoms with Crippen molar-refractivity contribution in [3.05, 3.63) is 40.3 Å². The molecule has 0 bridgehead atoms. The number of anilines is 1. The van der Waals surface area contributed by atoms with Crippen LogP contribution in [-0.2, 0) is 9.53 Å². The summed E-state index contributed by atoms with van der Waals surface area (Å²) in [4.78, 5) is 25.7. The van der Waals surface area contributed by atoms with Crippen molar-refractivity contribution in [3.63, 3.8) is 0 Å². The zero-order valence-electron chi connectivity index (χ0n) is 17.3. The van der Waals surface area contributed by atoms with E-state index in [2.05, 4.69) is 28.9 Å². The van der Waals surface area contributed by atoms with Crippen molar-refractivity contribution >= 4 is 34.9 Å². The average Bonchev–Trinajstić information content (AvgIpc) is 3.56. The van der Waals surface area contributed by atoms with E-state index in [1.165, 1.54) is 0 Å². The van der Waals surface area contributed by atoms with E-state index in [4.69, 9.17) is 32.9 Å². The van der Waals surface area contributed by atoms with E-state index in [9.17, 15) is 4.79 Å². The molecular weight excluding hydrogens is 423 g/mol. The van der Waals surface area contributed by atoms with Crippen molar-refractivity contribution in [1.82, 2.24) is 14.9 Å². The Morgan fingerprint density at radius 1 is 1.17 bits per heavy atom. The highest BCUT2D eigenvalue weighted by Gasteiger charge is 2.31. The molecule has 1 saturated heterocycles. The smallest absolute Gasteiger partial charge is 0.225 e. The van der Waals surface area contributed by atoms with Crippen LogP contribution in [0, 0.1) is 0 Å². The van der Waals surface area contributed by atoms with Crippen LogP contribution < -0.4 is 4.90 Å². The maximum Gasteiger partial charge on any atom is 0.225 e. The highest BCUT2D eigenvalue weighted by molar-refractivity contribution is 6.32. The van der Waals surface area contributed by atoms with Gasteiger partial charge in [0, 0.05) is 44.3 Å². The van der Waals surface area contributed by atoms with Crippen molar-refractivity contribution in [2.45, 2.75) is 38.1 Å². The Balaban J connectivity index is 1.55. The van der Waals surface area contributed by atoms with Crippen LogP contribution in [0.2, 0.25) is 10.3 Å². The molecule has 2 fully saturated rings. The largest absolute Gasteiger partial charge is 0.384 e. The number of methoxy groups -OCH3 is 1. The van der Waals surface area contributed by atoms with Crippen molar-refractivity contribution in [2.75, 3.05) is 38.3 Å². The Hall–Kier alpha value is -1.89. The second-order valence-electron chi connectivity index (χ2n) is 8.00. The molecule has 2 aliphatic rings. The molecule has 0 radical (unpaired) electrons. The molecule has 30 heavy (non-hydrogen) atoms. The molecule has 160 valence electrons. The van der Waals surface area contributed by atoms with Gasteiger partial charge >= 0.3 is 0 Å². The number of piperazine rings is 1. The summed E-state index contributed by atoms with van der Waals surface area (Å²) >= 11 is 12.2. The average molecular weight is 449 g/mol. The van der Waals surface area contributed by atoms with Gasteiger partial charge in [-0.1, -0.05) is 23.2 Å². The first kappa shape index (κ1) is 21.3. The lowest BCUT2D eigenvalue weighted by Crippen LogP contribution is -2.54. The summed E-state index contributed by atoms with van der Waals surface area (Å²) in [6.45, 7) is 4.78. The van der Waals surface area contributed by atoms with Gasteiger partial charge in [0.05, 0.1) is 18.7 Å². The molecule has 0 N–H and O–H groups in total. The summed E-state index contributed by atoms with van der Waals surface area (Å²) in [5.41, 5.74) is 3.11. The third-order valence-corrected chi connectivity index (χ3v) is 6.13. The Morgan fingerprint density at radius 3 is 2.53 bits per heavy atom. The number of rotatable bonds is 6. The number of hydrogen-bond donors (Lipinski definition) is 0. The molecule has 0 unspecified atom stereocenters. The van der Waals surface area contributed by atoms with Crippen LogP contribution in [-0.4, -0.2) is 60.2 Å². The number of ether oxygens (including phenoxy) is 1. The summed E-state index contributed by atoms with van der Waals surface area (Å²) in [6, 6.07) is 7.97. The quantitative estimate of drug-likeness (QED) is 0.612. The number of hydrogen-bond acceptors (Lipinski definition) is 5. The monoisotopic (exact) mass is 448 g/mol. The molecule has 1 amide bonds. The number of carbonyl (C=O) groups excluding carboxylic acids is 1. The minimum Gasteiger partial charge on any atom is -0.384 e. The summed E-state index contributed by atoms with van der Waals surface area (Å²) in [7, 11) is 1.62. The first-order chi connectivity index (χ1) is 14.5. The standard InChI is InChI=1S/C22H26Cl2N4O2/c1-14-13-27(8-9-28(14)21(29)7-10-30-2)20-6-5-17(22(26-20)15-3-4-15)16-11-18(23)25-19(24)12-16/h5-6,11-12,14-15H,3-4,7-10,13H2,1-2H3/t14-/m1/s1. The van der Waals surface area contributed by atoms with Crippen LogP contribution in [0.25, 0.3) is 11.1 Å². The van der Waals surface area contributed by atoms with Crippen LogP contribution in [0.15, 0.2) is 24.3 Å². The lowest BCUT2D eigenvalue weighted by Gasteiger charge is -2.40. The van der Waals surface area contributed by atoms with Gasteiger partial charge in [-0.2, -0.15) is 0 Å². The van der Waals surface area contributed by atoms with E-state index in [0.717, 1.165) is 48.6 Å². The fourth-order valence-electron chi connectivity index (χ4n) is 4.04. The maximum atomic E-state index is 12.4. The summed E-state index contributed by atoms with van der Waals surface area (Å²) in [6.07, 6.45) is 2.72. The fourth-order valence-corrected chi connectivity index (χ4v) is 4.50. The summed E-state index contributed by atoms with van der Waals surface area (Å²) in [5.74, 6) is 1.58. The molecule has 3 heterocycles. The van der Waals surface area contributed by atoms with Crippen molar-refractivity contribution in [3.8, 4) is 11.1 Å². The second kappa shape index (κ2) is 9.08. The van der Waals surface area contributed by atoms with E-state index in [0.29, 0.717) is 35.8 Å². The topological polar surface area (TPSA) is 58.6 Å². The number of nitrogens with zero attached hydrogens (tertiary/aromatic N) is 4. The van der Waals surface area contributed by atoms with Gasteiger partial charge < -0.3 is 14.5 Å². The van der Waals surface area contributed by atoms with Crippen molar-refractivity contribution < 1.29 is 9.53 Å². The van der Waals surface area contributed by atoms with Gasteiger partial charge in [-0.25, -0.2) is 9.97 Å². The zero-order chi connectivity index (χ0) is 21.3. The van der Waals surface area contributed by atoms with Gasteiger partial charge in [-0.05, 0) is 49.6 Å². The molecule has 1 aliphatic heterocycles. The minimum atomic E-state index is 0.131. The van der Waals surface area contributed by atoms with Gasteiger partial charge in [0.1, 0.15) is 16.1 Å². The molecule has 0 aromatic carbocycles. The van der Waals surface area contributed by atoms with Crippen molar-refractivity contribution in [2.24, 2.45) is 0 Å². The fraction of sp³-hybridized carbons (Fsp3) is 0.500. The number of carbonyl (C=O) groups is 1. The zero-order valence-corrected chi connectivity index (χ0v) is 18.8. The van der Waals surface area contributed by atoms with E-state index >= 15 is 0 Å². The highest BCUT2D eigenvalue weighted by Crippen LogP contribution is 2.44. The van der Waals surface area contributed by atoms with Gasteiger partial charge in [-0.3, -0.25) is 4.79 Å². The molecule has 1 saturated carbocycles. The highest BCUT2D eigenvalue weighted by atomic mass is 35.5. The summed E-state index contributed by atoms with van der Waals surface area (Å²) in [5, 5.41) is 0.762. The van der Waals surface area contributed by atoms with Crippen LogP contribution >= 0.6 is 23.2 Å². The Bertz CT molecular complexity index is 915. The van der Waals surface area contributed by atoms with Crippen molar-refractivity contribution in [1.29, 1.82) is 0 Å². The predicted octanol–water partition coefficient (Wildman–Crippen LogP) is 4.40. The number of halogens is 2. The Kier molecular flexibility index (Phi) is 6.46. The van der Waals surface area contributed by atoms with E-state index < -0.39 is 0 Å². The molecule has 4 rings (SSSR count). The van der Waals surface area contributed by atoms with Crippen LogP contribution in [0.5, 0.6) is 0 Å². The Labute approximate surface area is 187 Å². The van der Waals surface area contributed by atoms with Gasteiger partial charge in [0.25, 0.3) is 0 Å². The molecule has 8 heteroatoms. The van der Waals surface area contributed by atoms with Crippen LogP contribution in [0.3, 0.4) is 0 Å². The molecule has 1 aliphatic carbocycles. The lowest BCUT2D eigenvalue weighted by molar-refractivity contribution is -0.134. The number of pyridine rings is 2. The molecule has 6 nitrogen and oxygen atoms in total. The number of amides is 1. The first-order valence-electron chi connectivity index (χ1n) is 10.3. The van der Waals surface area contributed by atoms with Gasteiger partial charge in [0.2, 0.25) is 5.91 Å². The predicted molar refractivity (Wildman–Crippen MR) is 119 cm³/mol. The molecule has 0 spiro atoms. The summed E-state index contributed by atoms with van der Waals surface area (Å²) < 4.78 is 5.04. The molecular formula is C22H26Cl2N4O2. The third-order valence-electron chi connectivity index (χ3n) is 5.74.